The van der Waals surface area contributed by atoms with Gasteiger partial charge in [-0.05, 0) is 6.07 Å². The van der Waals surface area contributed by atoms with Gasteiger partial charge in [-0.15, -0.1) is 10.2 Å². The molecule has 0 saturated heterocycles. The zero-order valence-electron chi connectivity index (χ0n) is 7.72. The molecule has 0 unspecified atom stereocenters. The van der Waals surface area contributed by atoms with Crippen molar-refractivity contribution in [1.29, 1.82) is 0 Å². The zero-order valence-corrected chi connectivity index (χ0v) is 8.48. The minimum absolute atomic E-state index is 0.219. The first-order chi connectivity index (χ1) is 7.31. The highest BCUT2D eigenvalue weighted by Crippen LogP contribution is 2.20. The maximum absolute atomic E-state index is 10.8. The van der Waals surface area contributed by atoms with Crippen LogP contribution in [-0.4, -0.2) is 16.5 Å². The molecular weight excluding hydrogens is 212 g/mol. The van der Waals surface area contributed by atoms with Crippen molar-refractivity contribution in [1.82, 2.24) is 10.2 Å². The van der Waals surface area contributed by atoms with E-state index in [0.29, 0.717) is 11.3 Å². The van der Waals surface area contributed by atoms with Gasteiger partial charge in [0.05, 0.1) is 0 Å². The van der Waals surface area contributed by atoms with Crippen LogP contribution in [0.15, 0.2) is 36.4 Å². The summed E-state index contributed by atoms with van der Waals surface area (Å²) >= 11 is 5.65. The van der Waals surface area contributed by atoms with Crippen LogP contribution in [0.3, 0.4) is 0 Å². The Bertz CT molecular complexity index is 485. The van der Waals surface area contributed by atoms with Crippen LogP contribution in [0.2, 0.25) is 5.15 Å². The summed E-state index contributed by atoms with van der Waals surface area (Å²) in [6, 6.07) is 10.9. The molecule has 0 aliphatic heterocycles. The fraction of sp³-hybridized carbons (Fsp3) is 0. The highest BCUT2D eigenvalue weighted by Gasteiger charge is 2.07. The van der Waals surface area contributed by atoms with E-state index in [1.165, 1.54) is 6.07 Å². The molecule has 0 bridgehead atoms. The number of carbonyl (C=O) groups is 1. The average molecular weight is 219 g/mol. The van der Waals surface area contributed by atoms with Crippen molar-refractivity contribution in [3.05, 3.63) is 47.1 Å². The Morgan fingerprint density at radius 3 is 2.53 bits per heavy atom. The molecule has 0 spiro atoms. The lowest BCUT2D eigenvalue weighted by Gasteiger charge is -2.02. The summed E-state index contributed by atoms with van der Waals surface area (Å²) in [5.74, 6) is 0. The third kappa shape index (κ3) is 2.02. The molecule has 0 aliphatic rings. The molecule has 1 aromatic carbocycles. The summed E-state index contributed by atoms with van der Waals surface area (Å²) in [5.41, 5.74) is 1.85. The van der Waals surface area contributed by atoms with Crippen molar-refractivity contribution in [2.75, 3.05) is 0 Å². The number of aldehydes is 1. The van der Waals surface area contributed by atoms with Crippen LogP contribution in [0.1, 0.15) is 10.4 Å². The molecule has 0 amide bonds. The molecule has 2 rings (SSSR count). The molecule has 74 valence electrons. The maximum Gasteiger partial charge on any atom is 0.152 e. The molecule has 0 saturated carbocycles. The predicted molar refractivity (Wildman–Crippen MR) is 57.9 cm³/mol. The summed E-state index contributed by atoms with van der Waals surface area (Å²) in [5, 5.41) is 7.85. The van der Waals surface area contributed by atoms with Gasteiger partial charge in [-0.3, -0.25) is 4.79 Å². The van der Waals surface area contributed by atoms with E-state index in [1.54, 1.807) is 0 Å². The van der Waals surface area contributed by atoms with E-state index >= 15 is 0 Å². The Hall–Kier alpha value is -1.74. The fourth-order valence-corrected chi connectivity index (χ4v) is 1.45. The normalized spacial score (nSPS) is 9.93. The van der Waals surface area contributed by atoms with Gasteiger partial charge in [0.15, 0.2) is 11.4 Å². The number of nitrogens with zero attached hydrogens (tertiary/aromatic N) is 2. The number of rotatable bonds is 2. The summed E-state index contributed by atoms with van der Waals surface area (Å²) in [4.78, 5) is 10.8. The second kappa shape index (κ2) is 4.19. The number of benzene rings is 1. The number of hydrogen-bond acceptors (Lipinski definition) is 3. The predicted octanol–water partition coefficient (Wildman–Crippen LogP) is 2.61. The Morgan fingerprint density at radius 2 is 1.87 bits per heavy atom. The minimum Gasteiger partial charge on any atom is -0.298 e. The van der Waals surface area contributed by atoms with E-state index in [-0.39, 0.29) is 5.15 Å². The molecule has 0 N–H and O–H groups in total. The van der Waals surface area contributed by atoms with Crippen molar-refractivity contribution in [3.63, 3.8) is 0 Å². The molecule has 0 radical (unpaired) electrons. The topological polar surface area (TPSA) is 42.9 Å². The zero-order chi connectivity index (χ0) is 10.7. The summed E-state index contributed by atoms with van der Waals surface area (Å²) in [7, 11) is 0. The van der Waals surface area contributed by atoms with Gasteiger partial charge in [0.2, 0.25) is 0 Å². The van der Waals surface area contributed by atoms with Crippen LogP contribution < -0.4 is 0 Å². The summed E-state index contributed by atoms with van der Waals surface area (Å²) in [6.45, 7) is 0. The lowest BCUT2D eigenvalue weighted by atomic mass is 10.1. The number of aromatic nitrogens is 2. The van der Waals surface area contributed by atoms with E-state index in [9.17, 15) is 4.79 Å². The molecule has 0 aliphatic carbocycles. The average Bonchev–Trinajstić information content (AvgIpc) is 2.30. The largest absolute Gasteiger partial charge is 0.298 e. The Kier molecular flexibility index (Phi) is 2.74. The molecule has 0 atom stereocenters. The second-order valence-corrected chi connectivity index (χ2v) is 3.34. The van der Waals surface area contributed by atoms with Crippen LogP contribution in [0.5, 0.6) is 0 Å². The first kappa shape index (κ1) is 9.80. The van der Waals surface area contributed by atoms with Crippen LogP contribution in [0.25, 0.3) is 11.3 Å². The first-order valence-electron chi connectivity index (χ1n) is 4.35. The maximum atomic E-state index is 10.8. The van der Waals surface area contributed by atoms with Gasteiger partial charge in [0.25, 0.3) is 0 Å². The van der Waals surface area contributed by atoms with Crippen molar-refractivity contribution >= 4 is 17.9 Å². The lowest BCUT2D eigenvalue weighted by Crippen LogP contribution is -1.94. The van der Waals surface area contributed by atoms with Gasteiger partial charge in [-0.1, -0.05) is 41.9 Å². The van der Waals surface area contributed by atoms with E-state index in [0.717, 1.165) is 11.8 Å². The molecule has 2 aromatic rings. The highest BCUT2D eigenvalue weighted by molar-refractivity contribution is 6.29. The molecule has 4 heteroatoms. The highest BCUT2D eigenvalue weighted by atomic mass is 35.5. The summed E-state index contributed by atoms with van der Waals surface area (Å²) in [6.07, 6.45) is 0.725. The molecule has 3 nitrogen and oxygen atoms in total. The number of carbonyl (C=O) groups excluding carboxylic acids is 1. The lowest BCUT2D eigenvalue weighted by molar-refractivity contribution is 0.112. The van der Waals surface area contributed by atoms with Gasteiger partial charge in [0.1, 0.15) is 5.69 Å². The van der Waals surface area contributed by atoms with E-state index in [1.807, 2.05) is 30.3 Å². The van der Waals surface area contributed by atoms with Gasteiger partial charge in [-0.25, -0.2) is 0 Å². The molecule has 1 aromatic heterocycles. The SMILES string of the molecule is O=Cc1cc(Cl)nnc1-c1ccccc1. The van der Waals surface area contributed by atoms with Crippen LogP contribution >= 0.6 is 11.6 Å². The summed E-state index contributed by atoms with van der Waals surface area (Å²) < 4.78 is 0. The van der Waals surface area contributed by atoms with Crippen LogP contribution in [0.4, 0.5) is 0 Å². The van der Waals surface area contributed by atoms with Crippen molar-refractivity contribution in [2.24, 2.45) is 0 Å². The quantitative estimate of drug-likeness (QED) is 0.728. The third-order valence-electron chi connectivity index (χ3n) is 1.97. The molecular formula is C11H7ClN2O. The van der Waals surface area contributed by atoms with Gasteiger partial charge >= 0.3 is 0 Å². The van der Waals surface area contributed by atoms with E-state index in [4.69, 9.17) is 11.6 Å². The Labute approximate surface area is 91.7 Å². The molecule has 1 heterocycles. The van der Waals surface area contributed by atoms with Crippen LogP contribution in [-0.2, 0) is 0 Å². The fourth-order valence-electron chi connectivity index (χ4n) is 1.29. The van der Waals surface area contributed by atoms with Crippen molar-refractivity contribution in [3.8, 4) is 11.3 Å². The standard InChI is InChI=1S/C11H7ClN2O/c12-10-6-9(7-15)11(14-13-10)8-4-2-1-3-5-8/h1-7H. The van der Waals surface area contributed by atoms with E-state index < -0.39 is 0 Å². The monoisotopic (exact) mass is 218 g/mol. The van der Waals surface area contributed by atoms with Crippen molar-refractivity contribution < 1.29 is 4.79 Å². The van der Waals surface area contributed by atoms with Gasteiger partial charge < -0.3 is 0 Å². The smallest absolute Gasteiger partial charge is 0.152 e. The number of hydrogen-bond donors (Lipinski definition) is 0. The minimum atomic E-state index is 0.219. The third-order valence-corrected chi connectivity index (χ3v) is 2.15. The second-order valence-electron chi connectivity index (χ2n) is 2.95. The first-order valence-corrected chi connectivity index (χ1v) is 4.73. The van der Waals surface area contributed by atoms with Gasteiger partial charge in [0, 0.05) is 11.1 Å². The Morgan fingerprint density at radius 1 is 1.13 bits per heavy atom. The Balaban J connectivity index is 2.58. The van der Waals surface area contributed by atoms with Gasteiger partial charge in [-0.2, -0.15) is 0 Å². The number of halogens is 1. The van der Waals surface area contributed by atoms with Crippen molar-refractivity contribution in [2.45, 2.75) is 0 Å². The van der Waals surface area contributed by atoms with E-state index in [2.05, 4.69) is 10.2 Å². The molecule has 15 heavy (non-hydrogen) atoms. The molecule has 0 fully saturated rings. The van der Waals surface area contributed by atoms with Crippen LogP contribution in [0, 0.1) is 0 Å².